The van der Waals surface area contributed by atoms with E-state index in [1.165, 1.54) is 16.5 Å². The second kappa shape index (κ2) is 7.09. The number of aryl methyl sites for hydroxylation is 1. The van der Waals surface area contributed by atoms with Crippen LogP contribution in [0.4, 0.5) is 0 Å². The third-order valence-corrected chi connectivity index (χ3v) is 4.63. The molecule has 0 unspecified atom stereocenters. The van der Waals surface area contributed by atoms with Crippen molar-refractivity contribution >= 4 is 29.3 Å². The topological polar surface area (TPSA) is 50.9 Å². The molecule has 6 heteroatoms. The van der Waals surface area contributed by atoms with Crippen LogP contribution in [0, 0.1) is 4.77 Å². The van der Waals surface area contributed by atoms with Crippen molar-refractivity contribution in [3.63, 3.8) is 0 Å². The van der Waals surface area contributed by atoms with Gasteiger partial charge < -0.3 is 4.57 Å². The summed E-state index contributed by atoms with van der Waals surface area (Å²) in [5.41, 5.74) is 3.51. The Balaban J connectivity index is 1.75. The predicted molar refractivity (Wildman–Crippen MR) is 107 cm³/mol. The third kappa shape index (κ3) is 3.11. The molecule has 0 fully saturated rings. The first kappa shape index (κ1) is 16.5. The quantitative estimate of drug-likeness (QED) is 0.423. The molecule has 2 heterocycles. The molecular formula is C20H19N5S. The molecule has 0 radical (unpaired) electrons. The van der Waals surface area contributed by atoms with Gasteiger partial charge in [0.2, 0.25) is 4.77 Å². The summed E-state index contributed by atoms with van der Waals surface area (Å²) < 4.78 is 4.44. The number of H-pyrrole nitrogens is 1. The van der Waals surface area contributed by atoms with Crippen LogP contribution in [-0.4, -0.2) is 25.7 Å². The van der Waals surface area contributed by atoms with Gasteiger partial charge >= 0.3 is 0 Å². The highest BCUT2D eigenvalue weighted by Gasteiger charge is 2.08. The van der Waals surface area contributed by atoms with Crippen molar-refractivity contribution in [1.82, 2.24) is 19.4 Å². The molecule has 130 valence electrons. The van der Waals surface area contributed by atoms with Crippen LogP contribution in [0.2, 0.25) is 0 Å². The molecule has 0 bridgehead atoms. The molecule has 4 aromatic rings. The molecular weight excluding hydrogens is 342 g/mol. The largest absolute Gasteiger partial charge is 0.342 e. The number of aromatic nitrogens is 4. The first-order valence-corrected chi connectivity index (χ1v) is 8.99. The highest BCUT2D eigenvalue weighted by atomic mass is 32.1. The van der Waals surface area contributed by atoms with Crippen LogP contribution in [0.1, 0.15) is 23.9 Å². The van der Waals surface area contributed by atoms with Gasteiger partial charge in [0.25, 0.3) is 0 Å². The van der Waals surface area contributed by atoms with E-state index in [9.17, 15) is 0 Å². The van der Waals surface area contributed by atoms with Gasteiger partial charge in [-0.1, -0.05) is 55.5 Å². The number of benzene rings is 2. The van der Waals surface area contributed by atoms with Gasteiger partial charge in [-0.2, -0.15) is 14.9 Å². The molecule has 2 aromatic heterocycles. The van der Waals surface area contributed by atoms with E-state index in [4.69, 9.17) is 12.2 Å². The zero-order chi connectivity index (χ0) is 17.9. The van der Waals surface area contributed by atoms with Crippen LogP contribution in [-0.2, 0) is 13.0 Å². The smallest absolute Gasteiger partial charge is 0.216 e. The summed E-state index contributed by atoms with van der Waals surface area (Å²) in [4.78, 5) is 0. The number of para-hydroxylation sites is 1. The van der Waals surface area contributed by atoms with E-state index in [0.717, 1.165) is 24.4 Å². The molecule has 0 aliphatic carbocycles. The number of nitrogens with zero attached hydrogens (tertiary/aromatic N) is 4. The summed E-state index contributed by atoms with van der Waals surface area (Å²) >= 11 is 5.27. The minimum atomic E-state index is 0.506. The normalized spacial score (nSPS) is 11.6. The summed E-state index contributed by atoms with van der Waals surface area (Å²) in [7, 11) is 0. The van der Waals surface area contributed by atoms with Gasteiger partial charge in [0.15, 0.2) is 5.82 Å². The maximum atomic E-state index is 5.27. The van der Waals surface area contributed by atoms with Crippen molar-refractivity contribution in [3.8, 4) is 0 Å². The number of rotatable bonds is 5. The lowest BCUT2D eigenvalue weighted by molar-refractivity contribution is 0.780. The number of aromatic amines is 1. The van der Waals surface area contributed by atoms with Gasteiger partial charge in [0.1, 0.15) is 0 Å². The molecule has 26 heavy (non-hydrogen) atoms. The van der Waals surface area contributed by atoms with Crippen LogP contribution in [0.25, 0.3) is 10.9 Å². The van der Waals surface area contributed by atoms with Crippen molar-refractivity contribution in [2.75, 3.05) is 0 Å². The summed E-state index contributed by atoms with van der Waals surface area (Å²) in [5, 5.41) is 12.7. The summed E-state index contributed by atoms with van der Waals surface area (Å²) in [6, 6.07) is 18.8. The van der Waals surface area contributed by atoms with Crippen molar-refractivity contribution in [3.05, 3.63) is 82.5 Å². The molecule has 1 N–H and O–H groups in total. The van der Waals surface area contributed by atoms with E-state index >= 15 is 0 Å². The van der Waals surface area contributed by atoms with E-state index in [-0.39, 0.29) is 0 Å². The van der Waals surface area contributed by atoms with Crippen LogP contribution in [0.15, 0.2) is 65.9 Å². The van der Waals surface area contributed by atoms with Crippen LogP contribution >= 0.6 is 12.2 Å². The van der Waals surface area contributed by atoms with E-state index in [0.29, 0.717) is 4.77 Å². The van der Waals surface area contributed by atoms with Gasteiger partial charge in [-0.3, -0.25) is 5.10 Å². The molecule has 0 aliphatic heterocycles. The third-order valence-electron chi connectivity index (χ3n) is 4.36. The first-order valence-electron chi connectivity index (χ1n) is 8.58. The number of hydrogen-bond acceptors (Lipinski definition) is 3. The van der Waals surface area contributed by atoms with Crippen LogP contribution in [0.5, 0.6) is 0 Å². The second-order valence-corrected chi connectivity index (χ2v) is 6.46. The van der Waals surface area contributed by atoms with Crippen molar-refractivity contribution < 1.29 is 0 Å². The summed E-state index contributed by atoms with van der Waals surface area (Å²) in [6.07, 6.45) is 4.75. The van der Waals surface area contributed by atoms with Crippen molar-refractivity contribution in [1.29, 1.82) is 0 Å². The molecule has 4 rings (SSSR count). The lowest BCUT2D eigenvalue weighted by atomic mass is 10.2. The maximum Gasteiger partial charge on any atom is 0.216 e. The molecule has 2 aromatic carbocycles. The zero-order valence-electron chi connectivity index (χ0n) is 14.5. The van der Waals surface area contributed by atoms with Gasteiger partial charge in [0, 0.05) is 35.6 Å². The van der Waals surface area contributed by atoms with E-state index < -0.39 is 0 Å². The Hall–Kier alpha value is -2.99. The van der Waals surface area contributed by atoms with Crippen molar-refractivity contribution in [2.45, 2.75) is 19.9 Å². The fourth-order valence-electron chi connectivity index (χ4n) is 3.08. The Morgan fingerprint density at radius 2 is 1.88 bits per heavy atom. The molecule has 0 atom stereocenters. The van der Waals surface area contributed by atoms with Crippen LogP contribution in [0.3, 0.4) is 0 Å². The fourth-order valence-corrected chi connectivity index (χ4v) is 3.28. The lowest BCUT2D eigenvalue weighted by Crippen LogP contribution is -1.98. The van der Waals surface area contributed by atoms with Gasteiger partial charge in [-0.25, -0.2) is 0 Å². The molecule has 0 saturated carbocycles. The highest BCUT2D eigenvalue weighted by molar-refractivity contribution is 7.71. The summed E-state index contributed by atoms with van der Waals surface area (Å²) in [5.74, 6) is 0.819. The molecule has 0 saturated heterocycles. The van der Waals surface area contributed by atoms with E-state index in [2.05, 4.69) is 68.5 Å². The monoisotopic (exact) mass is 361 g/mol. The average Bonchev–Trinajstić information content (AvgIpc) is 3.21. The standard InChI is InChI=1S/C20H19N5S/c1-2-19-22-23-20(26)25(19)21-12-16-14-24(13-15-8-4-3-5-9-15)18-11-7-6-10-17(16)18/h3-12,14H,2,13H2,1H3,(H,23,26)/b21-12-. The number of fused-ring (bicyclic) bond motifs is 1. The van der Waals surface area contributed by atoms with Gasteiger partial charge in [-0.15, -0.1) is 0 Å². The van der Waals surface area contributed by atoms with E-state index in [1.54, 1.807) is 4.68 Å². The molecule has 0 spiro atoms. The number of hydrogen-bond donors (Lipinski definition) is 1. The minimum absolute atomic E-state index is 0.506. The van der Waals surface area contributed by atoms with Gasteiger partial charge in [0.05, 0.1) is 6.21 Å². The Kier molecular flexibility index (Phi) is 4.50. The molecule has 5 nitrogen and oxygen atoms in total. The van der Waals surface area contributed by atoms with E-state index in [1.807, 2.05) is 25.3 Å². The van der Waals surface area contributed by atoms with Crippen LogP contribution < -0.4 is 0 Å². The lowest BCUT2D eigenvalue weighted by Gasteiger charge is -2.05. The SMILES string of the molecule is CCc1n[nH]c(=S)n1/N=C\c1cn(Cc2ccccc2)c2ccccc12. The Morgan fingerprint density at radius 1 is 1.12 bits per heavy atom. The predicted octanol–water partition coefficient (Wildman–Crippen LogP) is 4.39. The fraction of sp³-hybridized carbons (Fsp3) is 0.150. The average molecular weight is 361 g/mol. The molecule has 0 amide bonds. The van der Waals surface area contributed by atoms with Gasteiger partial charge in [-0.05, 0) is 23.8 Å². The Bertz CT molecular complexity index is 1120. The Morgan fingerprint density at radius 3 is 2.69 bits per heavy atom. The second-order valence-electron chi connectivity index (χ2n) is 6.07. The Labute approximate surface area is 156 Å². The zero-order valence-corrected chi connectivity index (χ0v) is 15.3. The number of nitrogens with one attached hydrogen (secondary N) is 1. The maximum absolute atomic E-state index is 5.27. The first-order chi connectivity index (χ1) is 12.8. The highest BCUT2D eigenvalue weighted by Crippen LogP contribution is 2.21. The molecule has 0 aliphatic rings. The van der Waals surface area contributed by atoms with Crippen molar-refractivity contribution in [2.24, 2.45) is 5.10 Å². The minimum Gasteiger partial charge on any atom is -0.342 e. The summed E-state index contributed by atoms with van der Waals surface area (Å²) in [6.45, 7) is 2.85.